The smallest absolute Gasteiger partial charge is 0.279 e. The van der Waals surface area contributed by atoms with Crippen molar-refractivity contribution in [3.05, 3.63) is 0 Å². The van der Waals surface area contributed by atoms with Gasteiger partial charge in [0.05, 0.1) is 6.61 Å². The topological polar surface area (TPSA) is 70.7 Å². The van der Waals surface area contributed by atoms with Crippen molar-refractivity contribution >= 4 is 10.2 Å². The van der Waals surface area contributed by atoms with Crippen LogP contribution in [0.1, 0.15) is 39.0 Å². The van der Waals surface area contributed by atoms with E-state index in [-0.39, 0.29) is 6.04 Å². The minimum absolute atomic E-state index is 0.148. The van der Waals surface area contributed by atoms with Crippen LogP contribution >= 0.6 is 0 Å². The zero-order valence-corrected chi connectivity index (χ0v) is 14.0. The summed E-state index contributed by atoms with van der Waals surface area (Å²) in [5.41, 5.74) is 0. The van der Waals surface area contributed by atoms with E-state index in [1.165, 1.54) is 12.8 Å². The normalized spacial score (nSPS) is 25.9. The Bertz CT molecular complexity index is 412. The van der Waals surface area contributed by atoms with Gasteiger partial charge in [-0.05, 0) is 44.6 Å². The fourth-order valence-electron chi connectivity index (χ4n) is 2.75. The van der Waals surface area contributed by atoms with Crippen LogP contribution in [0.2, 0.25) is 0 Å². The third-order valence-corrected chi connectivity index (χ3v) is 5.91. The molecule has 0 radical (unpaired) electrons. The van der Waals surface area contributed by atoms with Crippen LogP contribution in [0.5, 0.6) is 0 Å². The van der Waals surface area contributed by atoms with Gasteiger partial charge in [-0.15, -0.1) is 0 Å². The predicted octanol–water partition coefficient (Wildman–Crippen LogP) is 0.710. The first-order valence-corrected chi connectivity index (χ1v) is 9.49. The number of ether oxygens (including phenoxy) is 1. The highest BCUT2D eigenvalue weighted by Crippen LogP contribution is 2.22. The Labute approximate surface area is 128 Å². The molecular formula is C14H29N3O3S. The lowest BCUT2D eigenvalue weighted by Gasteiger charge is -2.33. The average Bonchev–Trinajstić information content (AvgIpc) is 3.29. The summed E-state index contributed by atoms with van der Waals surface area (Å²) in [6, 6.07) is 0.534. The van der Waals surface area contributed by atoms with Gasteiger partial charge in [0, 0.05) is 32.3 Å². The van der Waals surface area contributed by atoms with Gasteiger partial charge in [-0.1, -0.05) is 6.92 Å². The van der Waals surface area contributed by atoms with Crippen LogP contribution in [-0.4, -0.2) is 58.2 Å². The summed E-state index contributed by atoms with van der Waals surface area (Å²) in [6.45, 7) is 4.56. The zero-order valence-electron chi connectivity index (χ0n) is 13.2. The molecule has 0 spiro atoms. The Balaban J connectivity index is 1.85. The van der Waals surface area contributed by atoms with Crippen molar-refractivity contribution in [2.45, 2.75) is 51.1 Å². The van der Waals surface area contributed by atoms with Gasteiger partial charge in [0.15, 0.2) is 0 Å². The van der Waals surface area contributed by atoms with E-state index in [9.17, 15) is 8.42 Å². The molecule has 0 amide bonds. The Kier molecular flexibility index (Phi) is 6.43. The Morgan fingerprint density at radius 3 is 2.71 bits per heavy atom. The van der Waals surface area contributed by atoms with Crippen LogP contribution < -0.4 is 10.0 Å². The second-order valence-corrected chi connectivity index (χ2v) is 7.93. The molecule has 0 bridgehead atoms. The van der Waals surface area contributed by atoms with Crippen LogP contribution in [0, 0.1) is 5.92 Å². The van der Waals surface area contributed by atoms with Gasteiger partial charge < -0.3 is 10.1 Å². The lowest BCUT2D eigenvalue weighted by molar-refractivity contribution is 0.171. The number of nitrogens with zero attached hydrogens (tertiary/aromatic N) is 1. The molecule has 0 aromatic carbocycles. The molecule has 1 aliphatic carbocycles. The van der Waals surface area contributed by atoms with Crippen molar-refractivity contribution < 1.29 is 13.2 Å². The van der Waals surface area contributed by atoms with Gasteiger partial charge >= 0.3 is 0 Å². The van der Waals surface area contributed by atoms with Crippen molar-refractivity contribution in [2.75, 3.05) is 33.4 Å². The Morgan fingerprint density at radius 1 is 1.33 bits per heavy atom. The minimum Gasteiger partial charge on any atom is -0.383 e. The molecule has 2 rings (SSSR count). The first-order chi connectivity index (χ1) is 10.0. The number of piperidine rings is 1. The molecule has 2 atom stereocenters. The first-order valence-electron chi connectivity index (χ1n) is 8.05. The Morgan fingerprint density at radius 2 is 2.10 bits per heavy atom. The summed E-state index contributed by atoms with van der Waals surface area (Å²) in [4.78, 5) is 0. The van der Waals surface area contributed by atoms with Crippen molar-refractivity contribution in [3.8, 4) is 0 Å². The monoisotopic (exact) mass is 319 g/mol. The quantitative estimate of drug-likeness (QED) is 0.657. The van der Waals surface area contributed by atoms with Crippen LogP contribution in [0.3, 0.4) is 0 Å². The Hall–Kier alpha value is -0.210. The van der Waals surface area contributed by atoms with E-state index in [1.54, 1.807) is 11.4 Å². The lowest BCUT2D eigenvalue weighted by atomic mass is 10.00. The van der Waals surface area contributed by atoms with Crippen molar-refractivity contribution in [1.82, 2.24) is 14.3 Å². The van der Waals surface area contributed by atoms with Gasteiger partial charge in [0.1, 0.15) is 0 Å². The molecule has 124 valence electrons. The van der Waals surface area contributed by atoms with Crippen molar-refractivity contribution in [1.29, 1.82) is 0 Å². The molecule has 1 saturated heterocycles. The van der Waals surface area contributed by atoms with E-state index < -0.39 is 10.2 Å². The average molecular weight is 319 g/mol. The second kappa shape index (κ2) is 7.87. The molecule has 2 aliphatic rings. The highest BCUT2D eigenvalue weighted by atomic mass is 32.2. The molecule has 2 N–H and O–H groups in total. The molecule has 0 aromatic heterocycles. The van der Waals surface area contributed by atoms with Crippen molar-refractivity contribution in [2.24, 2.45) is 5.92 Å². The summed E-state index contributed by atoms with van der Waals surface area (Å²) < 4.78 is 34.4. The van der Waals surface area contributed by atoms with Gasteiger partial charge in [0.2, 0.25) is 0 Å². The molecule has 0 aromatic rings. The maximum Gasteiger partial charge on any atom is 0.279 e. The second-order valence-electron chi connectivity index (χ2n) is 6.23. The van der Waals surface area contributed by atoms with Gasteiger partial charge in [-0.2, -0.15) is 17.4 Å². The summed E-state index contributed by atoms with van der Waals surface area (Å²) in [5.74, 6) is 0.429. The number of rotatable bonds is 9. The third-order valence-electron chi connectivity index (χ3n) is 4.27. The molecule has 1 heterocycles. The van der Waals surface area contributed by atoms with E-state index in [0.717, 1.165) is 25.8 Å². The number of nitrogens with one attached hydrogen (secondary N) is 2. The molecule has 7 heteroatoms. The van der Waals surface area contributed by atoms with E-state index in [2.05, 4.69) is 10.0 Å². The molecule has 21 heavy (non-hydrogen) atoms. The third kappa shape index (κ3) is 5.49. The minimum atomic E-state index is -3.40. The van der Waals surface area contributed by atoms with Gasteiger partial charge in [-0.25, -0.2) is 0 Å². The van der Waals surface area contributed by atoms with E-state index in [0.29, 0.717) is 31.7 Å². The molecular weight excluding hydrogens is 290 g/mol. The summed E-state index contributed by atoms with van der Waals surface area (Å²) in [5, 5.41) is 3.51. The van der Waals surface area contributed by atoms with Crippen molar-refractivity contribution in [3.63, 3.8) is 0 Å². The highest BCUT2D eigenvalue weighted by molar-refractivity contribution is 7.87. The molecule has 2 unspecified atom stereocenters. The highest BCUT2D eigenvalue weighted by Gasteiger charge is 2.31. The summed E-state index contributed by atoms with van der Waals surface area (Å²) in [7, 11) is -1.80. The van der Waals surface area contributed by atoms with Gasteiger partial charge in [0.25, 0.3) is 10.2 Å². The number of hydrogen-bond donors (Lipinski definition) is 2. The summed E-state index contributed by atoms with van der Waals surface area (Å²) >= 11 is 0. The van der Waals surface area contributed by atoms with Crippen LogP contribution in [0.4, 0.5) is 0 Å². The fourth-order valence-corrected chi connectivity index (χ4v) is 4.34. The standard InChI is InChI=1S/C14H29N3O3S/c1-3-13(11-20-2)16-21(18,19)17-8-4-5-12(10-17)9-15-14-6-7-14/h12-16H,3-11H2,1-2H3. The SMILES string of the molecule is CCC(COC)NS(=O)(=O)N1CCCC(CNC2CC2)C1. The van der Waals surface area contributed by atoms with Crippen LogP contribution in [-0.2, 0) is 14.9 Å². The molecule has 2 fully saturated rings. The number of hydrogen-bond acceptors (Lipinski definition) is 4. The fraction of sp³-hybridized carbons (Fsp3) is 1.00. The summed E-state index contributed by atoms with van der Waals surface area (Å²) in [6.07, 6.45) is 5.32. The van der Waals surface area contributed by atoms with Crippen LogP contribution in [0.15, 0.2) is 0 Å². The largest absolute Gasteiger partial charge is 0.383 e. The maximum atomic E-state index is 12.5. The van der Waals surface area contributed by atoms with Gasteiger partial charge in [-0.3, -0.25) is 0 Å². The number of methoxy groups -OCH3 is 1. The molecule has 1 aliphatic heterocycles. The predicted molar refractivity (Wildman–Crippen MR) is 83.3 cm³/mol. The molecule has 6 nitrogen and oxygen atoms in total. The zero-order chi connectivity index (χ0) is 15.3. The maximum absolute atomic E-state index is 12.5. The van der Waals surface area contributed by atoms with E-state index >= 15 is 0 Å². The lowest BCUT2D eigenvalue weighted by Crippen LogP contribution is -2.51. The molecule has 1 saturated carbocycles. The first kappa shape index (κ1) is 17.1. The van der Waals surface area contributed by atoms with E-state index in [1.807, 2.05) is 6.92 Å². The van der Waals surface area contributed by atoms with Crippen LogP contribution in [0.25, 0.3) is 0 Å². The van der Waals surface area contributed by atoms with E-state index in [4.69, 9.17) is 4.74 Å².